The lowest BCUT2D eigenvalue weighted by Crippen LogP contribution is -1.94. The van der Waals surface area contributed by atoms with Crippen LogP contribution in [-0.2, 0) is 0 Å². The third-order valence-electron chi connectivity index (χ3n) is 5.57. The molecule has 0 atom stereocenters. The van der Waals surface area contributed by atoms with Crippen LogP contribution in [0.15, 0.2) is 115 Å². The van der Waals surface area contributed by atoms with Crippen molar-refractivity contribution in [3.63, 3.8) is 0 Å². The number of aryl methyl sites for hydroxylation is 1. The van der Waals surface area contributed by atoms with Crippen LogP contribution in [0.4, 0.5) is 22.7 Å². The number of para-hydroxylation sites is 1. The third kappa shape index (κ3) is 4.15. The fraction of sp³-hybridized carbons (Fsp3) is 0.0345. The van der Waals surface area contributed by atoms with Gasteiger partial charge in [0, 0.05) is 28.1 Å². The minimum absolute atomic E-state index is 1.08. The standard InChI is InChI=1S/C29H24N2/c1-21-11-12-24-7-5-6-10-28(24)29(21)31-27-19-15-23(16-20-27)22-13-17-26(18-14-22)30-25-8-3-2-4-9-25/h2-20,30-31H,1H3. The van der Waals surface area contributed by atoms with Crippen molar-refractivity contribution in [1.29, 1.82) is 0 Å². The summed E-state index contributed by atoms with van der Waals surface area (Å²) in [6.07, 6.45) is 0. The normalized spacial score (nSPS) is 10.7. The fourth-order valence-electron chi connectivity index (χ4n) is 3.87. The van der Waals surface area contributed by atoms with Gasteiger partial charge in [-0.1, -0.05) is 78.9 Å². The Morgan fingerprint density at radius 3 is 1.68 bits per heavy atom. The van der Waals surface area contributed by atoms with Crippen LogP contribution in [0.5, 0.6) is 0 Å². The van der Waals surface area contributed by atoms with Crippen molar-refractivity contribution in [2.45, 2.75) is 6.92 Å². The molecule has 2 heteroatoms. The molecule has 0 aliphatic carbocycles. The van der Waals surface area contributed by atoms with Gasteiger partial charge in [0.15, 0.2) is 0 Å². The molecule has 0 saturated heterocycles. The van der Waals surface area contributed by atoms with Crippen LogP contribution < -0.4 is 10.6 Å². The zero-order valence-electron chi connectivity index (χ0n) is 17.5. The van der Waals surface area contributed by atoms with Gasteiger partial charge in [-0.15, -0.1) is 0 Å². The highest BCUT2D eigenvalue weighted by Crippen LogP contribution is 2.31. The molecule has 0 aliphatic rings. The molecule has 150 valence electrons. The molecule has 0 saturated carbocycles. The number of anilines is 4. The maximum absolute atomic E-state index is 3.62. The second-order valence-electron chi connectivity index (χ2n) is 7.75. The minimum Gasteiger partial charge on any atom is -0.356 e. The van der Waals surface area contributed by atoms with E-state index in [0.717, 1.165) is 17.1 Å². The van der Waals surface area contributed by atoms with Gasteiger partial charge in [-0.2, -0.15) is 0 Å². The molecule has 0 heterocycles. The molecule has 0 unspecified atom stereocenters. The van der Waals surface area contributed by atoms with Crippen LogP contribution in [0.3, 0.4) is 0 Å². The second-order valence-corrected chi connectivity index (χ2v) is 7.75. The van der Waals surface area contributed by atoms with Gasteiger partial charge < -0.3 is 10.6 Å². The SMILES string of the molecule is Cc1ccc2ccccc2c1Nc1ccc(-c2ccc(Nc3ccccc3)cc2)cc1. The molecule has 5 aromatic carbocycles. The molecule has 31 heavy (non-hydrogen) atoms. The Labute approximate surface area is 183 Å². The predicted molar refractivity (Wildman–Crippen MR) is 134 cm³/mol. The summed E-state index contributed by atoms with van der Waals surface area (Å²) >= 11 is 0. The number of fused-ring (bicyclic) bond motifs is 1. The molecule has 0 aliphatic heterocycles. The molecule has 0 amide bonds. The van der Waals surface area contributed by atoms with Crippen molar-refractivity contribution in [1.82, 2.24) is 0 Å². The van der Waals surface area contributed by atoms with Crippen molar-refractivity contribution >= 4 is 33.5 Å². The van der Waals surface area contributed by atoms with E-state index in [4.69, 9.17) is 0 Å². The van der Waals surface area contributed by atoms with Gasteiger partial charge in [0.2, 0.25) is 0 Å². The number of nitrogens with one attached hydrogen (secondary N) is 2. The monoisotopic (exact) mass is 400 g/mol. The van der Waals surface area contributed by atoms with Crippen LogP contribution in [-0.4, -0.2) is 0 Å². The largest absolute Gasteiger partial charge is 0.356 e. The number of rotatable bonds is 5. The minimum atomic E-state index is 1.08. The first-order valence-corrected chi connectivity index (χ1v) is 10.5. The van der Waals surface area contributed by atoms with Crippen molar-refractivity contribution in [2.24, 2.45) is 0 Å². The Hall–Kier alpha value is -4.04. The van der Waals surface area contributed by atoms with E-state index in [0.29, 0.717) is 0 Å². The fourth-order valence-corrected chi connectivity index (χ4v) is 3.87. The topological polar surface area (TPSA) is 24.1 Å². The maximum Gasteiger partial charge on any atom is 0.0493 e. The Morgan fingerprint density at radius 2 is 1.00 bits per heavy atom. The molecule has 2 nitrogen and oxygen atoms in total. The van der Waals surface area contributed by atoms with E-state index in [2.05, 4.69) is 115 Å². The lowest BCUT2D eigenvalue weighted by molar-refractivity contribution is 1.46. The molecular weight excluding hydrogens is 376 g/mol. The lowest BCUT2D eigenvalue weighted by atomic mass is 10.0. The van der Waals surface area contributed by atoms with Gasteiger partial charge in [-0.3, -0.25) is 0 Å². The van der Waals surface area contributed by atoms with Gasteiger partial charge in [0.05, 0.1) is 0 Å². The summed E-state index contributed by atoms with van der Waals surface area (Å²) in [5.74, 6) is 0. The molecular formula is C29H24N2. The Kier molecular flexibility index (Phi) is 5.12. The van der Waals surface area contributed by atoms with E-state index in [9.17, 15) is 0 Å². The molecule has 5 aromatic rings. The van der Waals surface area contributed by atoms with Gasteiger partial charge >= 0.3 is 0 Å². The van der Waals surface area contributed by atoms with E-state index in [-0.39, 0.29) is 0 Å². The summed E-state index contributed by atoms with van der Waals surface area (Å²) in [4.78, 5) is 0. The lowest BCUT2D eigenvalue weighted by Gasteiger charge is -2.14. The molecule has 5 rings (SSSR count). The third-order valence-corrected chi connectivity index (χ3v) is 5.57. The van der Waals surface area contributed by atoms with Crippen LogP contribution >= 0.6 is 0 Å². The van der Waals surface area contributed by atoms with E-state index in [1.165, 1.54) is 33.2 Å². The molecule has 0 spiro atoms. The highest BCUT2D eigenvalue weighted by Gasteiger charge is 2.06. The van der Waals surface area contributed by atoms with Crippen LogP contribution in [0.25, 0.3) is 21.9 Å². The molecule has 0 fully saturated rings. The first-order chi connectivity index (χ1) is 15.3. The van der Waals surface area contributed by atoms with Crippen LogP contribution in [0.2, 0.25) is 0 Å². The van der Waals surface area contributed by atoms with Gasteiger partial charge in [0.25, 0.3) is 0 Å². The first-order valence-electron chi connectivity index (χ1n) is 10.5. The van der Waals surface area contributed by atoms with Crippen LogP contribution in [0.1, 0.15) is 5.56 Å². The maximum atomic E-state index is 3.62. The summed E-state index contributed by atoms with van der Waals surface area (Å²) < 4.78 is 0. The average Bonchev–Trinajstić information content (AvgIpc) is 2.83. The summed E-state index contributed by atoms with van der Waals surface area (Å²) in [7, 11) is 0. The van der Waals surface area contributed by atoms with Crippen molar-refractivity contribution < 1.29 is 0 Å². The van der Waals surface area contributed by atoms with Crippen LogP contribution in [0, 0.1) is 6.92 Å². The zero-order chi connectivity index (χ0) is 21.0. The van der Waals surface area contributed by atoms with Crippen molar-refractivity contribution in [3.8, 4) is 11.1 Å². The number of hydrogen-bond donors (Lipinski definition) is 2. The second kappa shape index (κ2) is 8.37. The predicted octanol–water partition coefficient (Wildman–Crippen LogP) is 8.30. The highest BCUT2D eigenvalue weighted by molar-refractivity contribution is 5.97. The first kappa shape index (κ1) is 19.0. The molecule has 2 N–H and O–H groups in total. The van der Waals surface area contributed by atoms with E-state index in [1.54, 1.807) is 0 Å². The van der Waals surface area contributed by atoms with Gasteiger partial charge in [-0.25, -0.2) is 0 Å². The average molecular weight is 401 g/mol. The summed E-state index contributed by atoms with van der Waals surface area (Å²) in [5, 5.41) is 9.54. The van der Waals surface area contributed by atoms with Crippen molar-refractivity contribution in [3.05, 3.63) is 121 Å². The van der Waals surface area contributed by atoms with Gasteiger partial charge in [-0.05, 0) is 65.4 Å². The molecule has 0 radical (unpaired) electrons. The smallest absolute Gasteiger partial charge is 0.0493 e. The van der Waals surface area contributed by atoms with E-state index in [1.807, 2.05) is 18.2 Å². The van der Waals surface area contributed by atoms with E-state index < -0.39 is 0 Å². The molecule has 0 bridgehead atoms. The summed E-state index contributed by atoms with van der Waals surface area (Å²) in [6, 6.07) is 40.2. The summed E-state index contributed by atoms with van der Waals surface area (Å²) in [5.41, 5.74) is 8.07. The quantitative estimate of drug-likeness (QED) is 0.310. The number of hydrogen-bond acceptors (Lipinski definition) is 2. The Bertz CT molecular complexity index is 1310. The highest BCUT2D eigenvalue weighted by atomic mass is 14.9. The molecule has 0 aromatic heterocycles. The Balaban J connectivity index is 1.34. The van der Waals surface area contributed by atoms with Gasteiger partial charge in [0.1, 0.15) is 0 Å². The van der Waals surface area contributed by atoms with Crippen molar-refractivity contribution in [2.75, 3.05) is 10.6 Å². The zero-order valence-corrected chi connectivity index (χ0v) is 17.5. The number of benzene rings is 5. The van der Waals surface area contributed by atoms with E-state index >= 15 is 0 Å². The Morgan fingerprint density at radius 1 is 0.452 bits per heavy atom. The summed E-state index contributed by atoms with van der Waals surface area (Å²) in [6.45, 7) is 2.15.